The third-order valence-corrected chi connectivity index (χ3v) is 2.44. The van der Waals surface area contributed by atoms with Crippen LogP contribution in [0.15, 0.2) is 0 Å². The summed E-state index contributed by atoms with van der Waals surface area (Å²) in [4.78, 5) is 23.7. The van der Waals surface area contributed by atoms with Crippen molar-refractivity contribution in [1.29, 1.82) is 0 Å². The number of nitrogens with zero attached hydrogens (tertiary/aromatic N) is 1. The zero-order valence-electron chi connectivity index (χ0n) is 7.12. The van der Waals surface area contributed by atoms with Gasteiger partial charge in [0.1, 0.15) is 12.2 Å². The molecule has 0 aromatic carbocycles. The molecule has 0 bridgehead atoms. The Morgan fingerprint density at radius 2 is 2.23 bits per heavy atom. The van der Waals surface area contributed by atoms with Crippen molar-refractivity contribution in [2.75, 3.05) is 13.1 Å². The number of carbonyl (C=O) groups is 2. The molecule has 0 aliphatic carbocycles. The van der Waals surface area contributed by atoms with E-state index in [0.717, 1.165) is 0 Å². The number of nitrogens with one attached hydrogen (secondary N) is 1. The summed E-state index contributed by atoms with van der Waals surface area (Å²) in [7, 11) is 0. The number of halogens is 1. The van der Waals surface area contributed by atoms with Crippen molar-refractivity contribution in [3.05, 3.63) is 0 Å². The van der Waals surface area contributed by atoms with Crippen LogP contribution in [-0.2, 0) is 9.59 Å². The number of alkyl halides is 1. The number of likely N-dealkylation sites (tertiary alicyclic amines) is 1. The first-order valence-electron chi connectivity index (χ1n) is 4.39. The maximum atomic E-state index is 12.4. The molecule has 72 valence electrons. The number of hydrogen-bond donors (Lipinski definition) is 1. The van der Waals surface area contributed by atoms with Crippen LogP contribution >= 0.6 is 0 Å². The first-order chi connectivity index (χ1) is 6.16. The molecule has 2 fully saturated rings. The summed E-state index contributed by atoms with van der Waals surface area (Å²) in [6, 6.07) is -0.403. The highest BCUT2D eigenvalue weighted by atomic mass is 19.1. The van der Waals surface area contributed by atoms with Gasteiger partial charge in [0.15, 0.2) is 0 Å². The fourth-order valence-electron chi connectivity index (χ4n) is 1.62. The van der Waals surface area contributed by atoms with Gasteiger partial charge in [-0.05, 0) is 6.42 Å². The Labute approximate surface area is 75.1 Å². The molecular formula is C8H11FN2O2. The van der Waals surface area contributed by atoms with Crippen LogP contribution in [0.3, 0.4) is 0 Å². The standard InChI is InChI=1S/C8H11FN2O2/c9-5-3-11(4-5)8(13)6-1-2-7(12)10-6/h5-6H,1-4H2,(H,10,12)/t6-/m0/s1. The summed E-state index contributed by atoms with van der Waals surface area (Å²) in [5, 5.41) is 2.56. The van der Waals surface area contributed by atoms with E-state index in [4.69, 9.17) is 0 Å². The van der Waals surface area contributed by atoms with Gasteiger partial charge in [-0.3, -0.25) is 9.59 Å². The van der Waals surface area contributed by atoms with Crippen LogP contribution in [-0.4, -0.2) is 42.0 Å². The van der Waals surface area contributed by atoms with Gasteiger partial charge in [0.25, 0.3) is 0 Å². The lowest BCUT2D eigenvalue weighted by atomic mass is 10.1. The van der Waals surface area contributed by atoms with Gasteiger partial charge in [0.05, 0.1) is 13.1 Å². The quantitative estimate of drug-likeness (QED) is 0.597. The van der Waals surface area contributed by atoms with E-state index in [1.54, 1.807) is 0 Å². The maximum Gasteiger partial charge on any atom is 0.245 e. The molecule has 1 N–H and O–H groups in total. The molecule has 0 saturated carbocycles. The fraction of sp³-hybridized carbons (Fsp3) is 0.750. The molecule has 0 aromatic rings. The molecule has 0 aromatic heterocycles. The van der Waals surface area contributed by atoms with Gasteiger partial charge in [0.2, 0.25) is 11.8 Å². The van der Waals surface area contributed by atoms with Crippen LogP contribution < -0.4 is 5.32 Å². The van der Waals surface area contributed by atoms with Crippen LogP contribution in [0.25, 0.3) is 0 Å². The minimum atomic E-state index is -0.874. The summed E-state index contributed by atoms with van der Waals surface area (Å²) >= 11 is 0. The Hall–Kier alpha value is -1.13. The Morgan fingerprint density at radius 3 is 2.69 bits per heavy atom. The van der Waals surface area contributed by atoms with Gasteiger partial charge in [-0.1, -0.05) is 0 Å². The molecule has 2 amide bonds. The van der Waals surface area contributed by atoms with Crippen molar-refractivity contribution in [3.63, 3.8) is 0 Å². The van der Waals surface area contributed by atoms with Crippen LogP contribution in [0.1, 0.15) is 12.8 Å². The average Bonchev–Trinajstić information content (AvgIpc) is 2.45. The van der Waals surface area contributed by atoms with E-state index in [1.807, 2.05) is 0 Å². The first-order valence-corrected chi connectivity index (χ1v) is 4.39. The Balaban J connectivity index is 1.87. The predicted octanol–water partition coefficient (Wildman–Crippen LogP) is -0.555. The van der Waals surface area contributed by atoms with E-state index < -0.39 is 12.2 Å². The monoisotopic (exact) mass is 186 g/mol. The Kier molecular flexibility index (Phi) is 1.94. The normalized spacial score (nSPS) is 28.5. The van der Waals surface area contributed by atoms with Crippen molar-refractivity contribution in [2.45, 2.75) is 25.1 Å². The van der Waals surface area contributed by atoms with Gasteiger partial charge in [-0.15, -0.1) is 0 Å². The molecule has 0 radical (unpaired) electrons. The number of hydrogen-bond acceptors (Lipinski definition) is 2. The molecule has 13 heavy (non-hydrogen) atoms. The second-order valence-electron chi connectivity index (χ2n) is 3.50. The van der Waals surface area contributed by atoms with Gasteiger partial charge in [-0.2, -0.15) is 0 Å². The molecule has 2 aliphatic heterocycles. The van der Waals surface area contributed by atoms with Crippen molar-refractivity contribution < 1.29 is 14.0 Å². The predicted molar refractivity (Wildman–Crippen MR) is 42.6 cm³/mol. The van der Waals surface area contributed by atoms with E-state index in [2.05, 4.69) is 5.32 Å². The van der Waals surface area contributed by atoms with Crippen molar-refractivity contribution in [3.8, 4) is 0 Å². The highest BCUT2D eigenvalue weighted by Gasteiger charge is 2.37. The van der Waals surface area contributed by atoms with Gasteiger partial charge in [0, 0.05) is 6.42 Å². The summed E-state index contributed by atoms with van der Waals surface area (Å²) in [5.41, 5.74) is 0. The second kappa shape index (κ2) is 2.97. The number of amides is 2. The highest BCUT2D eigenvalue weighted by molar-refractivity contribution is 5.91. The lowest BCUT2D eigenvalue weighted by Crippen LogP contribution is -2.56. The van der Waals surface area contributed by atoms with Crippen LogP contribution in [0, 0.1) is 0 Å². The molecule has 2 heterocycles. The summed E-state index contributed by atoms with van der Waals surface area (Å²) in [6.07, 6.45) is 0.0788. The largest absolute Gasteiger partial charge is 0.344 e. The first kappa shape index (κ1) is 8.47. The zero-order valence-corrected chi connectivity index (χ0v) is 7.12. The maximum absolute atomic E-state index is 12.4. The summed E-state index contributed by atoms with van der Waals surface area (Å²) in [6.45, 7) is 0.371. The Bertz CT molecular complexity index is 251. The minimum absolute atomic E-state index is 0.0873. The number of rotatable bonds is 1. The van der Waals surface area contributed by atoms with Crippen molar-refractivity contribution in [2.24, 2.45) is 0 Å². The van der Waals surface area contributed by atoms with Gasteiger partial charge < -0.3 is 10.2 Å². The molecule has 4 nitrogen and oxygen atoms in total. The molecule has 0 spiro atoms. The Morgan fingerprint density at radius 1 is 1.54 bits per heavy atom. The van der Waals surface area contributed by atoms with Gasteiger partial charge in [-0.25, -0.2) is 4.39 Å². The molecule has 2 saturated heterocycles. The topological polar surface area (TPSA) is 49.4 Å². The summed E-state index contributed by atoms with van der Waals surface area (Å²) in [5.74, 6) is -0.226. The van der Waals surface area contributed by atoms with Gasteiger partial charge >= 0.3 is 0 Å². The third kappa shape index (κ3) is 1.50. The average molecular weight is 186 g/mol. The lowest BCUT2D eigenvalue weighted by Gasteiger charge is -2.35. The van der Waals surface area contributed by atoms with E-state index >= 15 is 0 Å². The molecule has 5 heteroatoms. The lowest BCUT2D eigenvalue weighted by molar-refractivity contribution is -0.141. The van der Waals surface area contributed by atoms with Crippen LogP contribution in [0.5, 0.6) is 0 Å². The third-order valence-electron chi connectivity index (χ3n) is 2.44. The molecule has 2 rings (SSSR count). The van der Waals surface area contributed by atoms with E-state index in [0.29, 0.717) is 12.8 Å². The van der Waals surface area contributed by atoms with Crippen molar-refractivity contribution >= 4 is 11.8 Å². The fourth-order valence-corrected chi connectivity index (χ4v) is 1.62. The molecule has 1 atom stereocenters. The van der Waals surface area contributed by atoms with E-state index in [9.17, 15) is 14.0 Å². The van der Waals surface area contributed by atoms with E-state index in [1.165, 1.54) is 4.90 Å². The summed E-state index contributed by atoms with van der Waals surface area (Å²) < 4.78 is 12.4. The van der Waals surface area contributed by atoms with E-state index in [-0.39, 0.29) is 24.9 Å². The highest BCUT2D eigenvalue weighted by Crippen LogP contribution is 2.16. The van der Waals surface area contributed by atoms with Crippen molar-refractivity contribution in [1.82, 2.24) is 10.2 Å². The minimum Gasteiger partial charge on any atom is -0.344 e. The van der Waals surface area contributed by atoms with Crippen LogP contribution in [0.2, 0.25) is 0 Å². The smallest absolute Gasteiger partial charge is 0.245 e. The number of carbonyl (C=O) groups excluding carboxylic acids is 2. The van der Waals surface area contributed by atoms with Crippen LogP contribution in [0.4, 0.5) is 4.39 Å². The second-order valence-corrected chi connectivity index (χ2v) is 3.50. The molecular weight excluding hydrogens is 175 g/mol. The molecule has 0 unspecified atom stereocenters. The SMILES string of the molecule is O=C1CC[C@@H](C(=O)N2CC(F)C2)N1. The molecule has 2 aliphatic rings. The zero-order chi connectivity index (χ0) is 9.42.